The zero-order valence-corrected chi connectivity index (χ0v) is 17.9. The van der Waals surface area contributed by atoms with Crippen LogP contribution in [0.4, 0.5) is 17.3 Å². The number of pyridine rings is 1. The van der Waals surface area contributed by atoms with Crippen LogP contribution in [0.15, 0.2) is 53.5 Å². The van der Waals surface area contributed by atoms with Crippen molar-refractivity contribution >= 4 is 29.3 Å². The van der Waals surface area contributed by atoms with Gasteiger partial charge in [-0.2, -0.15) is 10.5 Å². The number of anilines is 3. The molecule has 1 aliphatic rings. The van der Waals surface area contributed by atoms with E-state index in [1.807, 2.05) is 6.07 Å². The summed E-state index contributed by atoms with van der Waals surface area (Å²) >= 11 is 0. The summed E-state index contributed by atoms with van der Waals surface area (Å²) in [6.07, 6.45) is 1.79. The normalized spacial score (nSPS) is 13.9. The number of nitrogens with two attached hydrogens (primary N) is 2. The van der Waals surface area contributed by atoms with Crippen LogP contribution in [-0.2, 0) is 0 Å². The molecular formula is C23H18N8O3. The van der Waals surface area contributed by atoms with Gasteiger partial charge in [-0.25, -0.2) is 14.8 Å². The lowest BCUT2D eigenvalue weighted by Crippen LogP contribution is -2.32. The molecule has 0 saturated heterocycles. The van der Waals surface area contributed by atoms with Crippen LogP contribution in [-0.4, -0.2) is 24.0 Å². The number of carbonyl (C=O) groups is 1. The maximum atomic E-state index is 12.6. The number of ether oxygens (including phenoxy) is 2. The van der Waals surface area contributed by atoms with E-state index < -0.39 is 12.0 Å². The minimum Gasteiger partial charge on any atom is -0.497 e. The smallest absolute Gasteiger partial charge is 0.343 e. The van der Waals surface area contributed by atoms with E-state index in [2.05, 4.69) is 20.6 Å². The number of hydrogen-bond donors (Lipinski definition) is 4. The predicted octanol–water partition coefficient (Wildman–Crippen LogP) is 2.29. The van der Waals surface area contributed by atoms with Gasteiger partial charge in [-0.05, 0) is 42.0 Å². The third-order valence-electron chi connectivity index (χ3n) is 5.07. The number of nitrogens with zero attached hydrogens (tertiary/aromatic N) is 4. The van der Waals surface area contributed by atoms with Gasteiger partial charge in [-0.1, -0.05) is 12.1 Å². The van der Waals surface area contributed by atoms with Gasteiger partial charge in [-0.15, -0.1) is 0 Å². The lowest BCUT2D eigenvalue weighted by atomic mass is 9.95. The molecule has 6 N–H and O–H groups in total. The van der Waals surface area contributed by atoms with E-state index in [9.17, 15) is 10.1 Å². The van der Waals surface area contributed by atoms with Crippen LogP contribution in [0.3, 0.4) is 0 Å². The Morgan fingerprint density at radius 2 is 1.91 bits per heavy atom. The first-order valence-electron chi connectivity index (χ1n) is 9.90. The molecule has 0 spiro atoms. The van der Waals surface area contributed by atoms with Crippen molar-refractivity contribution in [2.75, 3.05) is 23.9 Å². The van der Waals surface area contributed by atoms with Crippen molar-refractivity contribution in [2.45, 2.75) is 6.04 Å². The second-order valence-electron chi connectivity index (χ2n) is 7.09. The third kappa shape index (κ3) is 4.09. The topological polar surface area (TPSA) is 184 Å². The van der Waals surface area contributed by atoms with E-state index in [0.717, 1.165) is 0 Å². The van der Waals surface area contributed by atoms with Crippen molar-refractivity contribution in [1.29, 1.82) is 10.5 Å². The molecule has 1 aromatic heterocycles. The first-order chi connectivity index (χ1) is 16.4. The minimum absolute atomic E-state index is 0.0273. The minimum atomic E-state index is -0.757. The van der Waals surface area contributed by atoms with Crippen LogP contribution in [0.1, 0.15) is 33.1 Å². The lowest BCUT2D eigenvalue weighted by molar-refractivity contribution is 0.0734. The number of nitriles is 2. The molecule has 0 aliphatic carbocycles. The highest BCUT2D eigenvalue weighted by Gasteiger charge is 2.30. The summed E-state index contributed by atoms with van der Waals surface area (Å²) in [5.74, 6) is 0.660. The van der Waals surface area contributed by atoms with Crippen LogP contribution >= 0.6 is 0 Å². The van der Waals surface area contributed by atoms with Crippen molar-refractivity contribution < 1.29 is 14.3 Å². The Labute approximate surface area is 194 Å². The van der Waals surface area contributed by atoms with Crippen molar-refractivity contribution in [3.05, 3.63) is 70.8 Å². The molecule has 34 heavy (non-hydrogen) atoms. The monoisotopic (exact) mass is 454 g/mol. The number of guanidine groups is 1. The molecule has 0 fully saturated rings. The molecule has 2 aromatic carbocycles. The maximum absolute atomic E-state index is 12.6. The highest BCUT2D eigenvalue weighted by molar-refractivity contribution is 5.98. The number of esters is 1. The van der Waals surface area contributed by atoms with Gasteiger partial charge in [0.1, 0.15) is 40.8 Å². The largest absolute Gasteiger partial charge is 0.497 e. The van der Waals surface area contributed by atoms with Gasteiger partial charge in [0.25, 0.3) is 0 Å². The van der Waals surface area contributed by atoms with Crippen molar-refractivity contribution in [3.63, 3.8) is 0 Å². The maximum Gasteiger partial charge on any atom is 0.343 e. The SMILES string of the molecule is COc1ccc(C(=O)Oc2cccc(C3N=C(NC#N)Nc4nc(N)c(C#N)c(N)c43)c2)cc1. The van der Waals surface area contributed by atoms with E-state index >= 15 is 0 Å². The van der Waals surface area contributed by atoms with Crippen LogP contribution in [0.25, 0.3) is 0 Å². The molecule has 1 atom stereocenters. The van der Waals surface area contributed by atoms with Gasteiger partial charge >= 0.3 is 5.97 Å². The highest BCUT2D eigenvalue weighted by atomic mass is 16.5. The molecule has 0 saturated carbocycles. The fourth-order valence-corrected chi connectivity index (χ4v) is 3.46. The third-order valence-corrected chi connectivity index (χ3v) is 5.07. The molecule has 168 valence electrons. The van der Waals surface area contributed by atoms with Gasteiger partial charge in [-0.3, -0.25) is 5.32 Å². The molecule has 11 nitrogen and oxygen atoms in total. The molecule has 3 aromatic rings. The Morgan fingerprint density at radius 3 is 2.59 bits per heavy atom. The number of aliphatic imine (C=N–C) groups is 1. The Hall–Kier alpha value is -5.29. The van der Waals surface area contributed by atoms with E-state index in [-0.39, 0.29) is 34.6 Å². The summed E-state index contributed by atoms with van der Waals surface area (Å²) < 4.78 is 10.6. The second-order valence-corrected chi connectivity index (χ2v) is 7.09. The Balaban J connectivity index is 1.71. The first kappa shape index (κ1) is 21.9. The Kier molecular flexibility index (Phi) is 5.84. The molecule has 2 heterocycles. The van der Waals surface area contributed by atoms with Crippen LogP contribution in [0, 0.1) is 22.8 Å². The number of nitrogens with one attached hydrogen (secondary N) is 2. The van der Waals surface area contributed by atoms with Gasteiger partial charge < -0.3 is 26.3 Å². The Morgan fingerprint density at radius 1 is 1.15 bits per heavy atom. The number of fused-ring (bicyclic) bond motifs is 1. The summed E-state index contributed by atoms with van der Waals surface area (Å²) in [4.78, 5) is 21.3. The lowest BCUT2D eigenvalue weighted by Gasteiger charge is -2.26. The summed E-state index contributed by atoms with van der Waals surface area (Å²) in [7, 11) is 1.54. The van der Waals surface area contributed by atoms with E-state index in [4.69, 9.17) is 26.2 Å². The molecule has 0 amide bonds. The van der Waals surface area contributed by atoms with Gasteiger partial charge in [0, 0.05) is 5.56 Å². The van der Waals surface area contributed by atoms with Crippen LogP contribution in [0.5, 0.6) is 11.5 Å². The molecule has 0 radical (unpaired) electrons. The van der Waals surface area contributed by atoms with Crippen LogP contribution in [0.2, 0.25) is 0 Å². The standard InChI is InChI=1S/C23H18N8O3/c1-33-14-7-5-12(6-8-14)22(32)34-15-4-2-3-13(9-15)19-17-18(26)16(10-24)20(27)30-21(17)31-23(29-19)28-11-25/h2-9,19H,1H3,(H6,26,27,28,29,30,31). The summed E-state index contributed by atoms with van der Waals surface area (Å²) in [6.45, 7) is 0. The average Bonchev–Trinajstić information content (AvgIpc) is 2.84. The number of nitrogen functional groups attached to an aromatic ring is 2. The summed E-state index contributed by atoms with van der Waals surface area (Å²) in [5, 5.41) is 23.8. The number of hydrogen-bond acceptors (Lipinski definition) is 11. The highest BCUT2D eigenvalue weighted by Crippen LogP contribution is 2.41. The fraction of sp³-hybridized carbons (Fsp3) is 0.0870. The average molecular weight is 454 g/mol. The molecule has 0 bridgehead atoms. The zero-order valence-electron chi connectivity index (χ0n) is 17.9. The Bertz CT molecular complexity index is 1390. The van der Waals surface area contributed by atoms with E-state index in [1.165, 1.54) is 7.11 Å². The van der Waals surface area contributed by atoms with E-state index in [1.54, 1.807) is 54.7 Å². The summed E-state index contributed by atoms with van der Waals surface area (Å²) in [6, 6.07) is 14.4. The van der Waals surface area contributed by atoms with Gasteiger partial charge in [0.15, 0.2) is 6.19 Å². The first-order valence-corrected chi connectivity index (χ1v) is 9.90. The fourth-order valence-electron chi connectivity index (χ4n) is 3.46. The summed E-state index contributed by atoms with van der Waals surface area (Å²) in [5.41, 5.74) is 13.6. The van der Waals surface area contributed by atoms with Crippen molar-refractivity contribution in [3.8, 4) is 23.8 Å². The number of benzene rings is 2. The zero-order chi connectivity index (χ0) is 24.2. The molecule has 11 heteroatoms. The quantitative estimate of drug-likeness (QED) is 0.197. The van der Waals surface area contributed by atoms with Crippen molar-refractivity contribution in [2.24, 2.45) is 4.99 Å². The van der Waals surface area contributed by atoms with Gasteiger partial charge in [0.05, 0.1) is 18.4 Å². The number of methoxy groups -OCH3 is 1. The van der Waals surface area contributed by atoms with Crippen LogP contribution < -0.4 is 31.6 Å². The molecule has 4 rings (SSSR count). The molecule has 1 aliphatic heterocycles. The van der Waals surface area contributed by atoms with Gasteiger partial charge in [0.2, 0.25) is 5.96 Å². The number of aromatic nitrogens is 1. The second kappa shape index (κ2) is 9.06. The number of rotatable bonds is 4. The van der Waals surface area contributed by atoms with Crippen molar-refractivity contribution in [1.82, 2.24) is 10.3 Å². The van der Waals surface area contributed by atoms with E-state index in [0.29, 0.717) is 22.4 Å². The number of carbonyl (C=O) groups excluding carboxylic acids is 1. The molecule has 1 unspecified atom stereocenters. The molecular weight excluding hydrogens is 436 g/mol. The predicted molar refractivity (Wildman–Crippen MR) is 124 cm³/mol.